The number of rotatable bonds is 0. The minimum atomic E-state index is 0. The van der Waals surface area contributed by atoms with E-state index >= 15 is 0 Å². The summed E-state index contributed by atoms with van der Waals surface area (Å²) in [6, 6.07) is 0. The molecular formula is C4H7ClMg. The van der Waals surface area contributed by atoms with E-state index in [1.165, 1.54) is 3.70 Å². The van der Waals surface area contributed by atoms with Crippen molar-refractivity contribution >= 4 is 21.7 Å². The van der Waals surface area contributed by atoms with Gasteiger partial charge in [0.05, 0.1) is 0 Å². The molecule has 0 N–H and O–H groups in total. The van der Waals surface area contributed by atoms with Gasteiger partial charge < -0.3 is 12.4 Å². The van der Waals surface area contributed by atoms with E-state index in [0.717, 1.165) is 0 Å². The van der Waals surface area contributed by atoms with Crippen molar-refractivity contribution in [2.24, 2.45) is 0 Å². The molecule has 0 aliphatic heterocycles. The Labute approximate surface area is 57.8 Å². The molecule has 0 bridgehead atoms. The Kier molecular flexibility index (Phi) is 9.59. The fourth-order valence-electron chi connectivity index (χ4n) is 0. The SMILES string of the molecule is CC=[C](C)[Mg+].[Cl-]. The first kappa shape index (κ1) is 9.93. The molecule has 0 saturated carbocycles. The molecule has 32 valence electrons. The Morgan fingerprint density at radius 3 is 1.83 bits per heavy atom. The second kappa shape index (κ2) is 5.80. The molecule has 0 unspecified atom stereocenters. The van der Waals surface area contributed by atoms with E-state index in [4.69, 9.17) is 0 Å². The third kappa shape index (κ3) is 8.84. The van der Waals surface area contributed by atoms with Gasteiger partial charge in [0.25, 0.3) is 0 Å². The molecule has 0 heterocycles. The monoisotopic (exact) mass is 114 g/mol. The van der Waals surface area contributed by atoms with Crippen molar-refractivity contribution in [3.05, 3.63) is 9.78 Å². The first-order valence-corrected chi connectivity index (χ1v) is 2.43. The summed E-state index contributed by atoms with van der Waals surface area (Å²) >= 11 is 1.91. The molecular weight excluding hydrogens is 108 g/mol. The van der Waals surface area contributed by atoms with Crippen molar-refractivity contribution < 1.29 is 12.4 Å². The van der Waals surface area contributed by atoms with Crippen molar-refractivity contribution in [3.63, 3.8) is 0 Å². The van der Waals surface area contributed by atoms with Crippen LogP contribution in [0.1, 0.15) is 13.8 Å². The van der Waals surface area contributed by atoms with Gasteiger partial charge in [0, 0.05) is 0 Å². The minimum absolute atomic E-state index is 0. The van der Waals surface area contributed by atoms with Crippen molar-refractivity contribution in [3.8, 4) is 0 Å². The predicted molar refractivity (Wildman–Crippen MR) is 25.2 cm³/mol. The van der Waals surface area contributed by atoms with Crippen LogP contribution < -0.4 is 12.4 Å². The van der Waals surface area contributed by atoms with Crippen molar-refractivity contribution in [1.29, 1.82) is 0 Å². The molecule has 0 saturated heterocycles. The van der Waals surface area contributed by atoms with Gasteiger partial charge in [-0.15, -0.1) is 0 Å². The molecule has 0 amide bonds. The third-order valence-corrected chi connectivity index (χ3v) is 0.901. The number of hydrogen-bond acceptors (Lipinski definition) is 0. The topological polar surface area (TPSA) is 0 Å². The maximum absolute atomic E-state index is 2.10. The van der Waals surface area contributed by atoms with Crippen LogP contribution >= 0.6 is 0 Å². The van der Waals surface area contributed by atoms with Gasteiger partial charge in [0.15, 0.2) is 0 Å². The van der Waals surface area contributed by atoms with Crippen LogP contribution in [0.2, 0.25) is 0 Å². The largest absolute Gasteiger partial charge is 1.00 e. The summed E-state index contributed by atoms with van der Waals surface area (Å²) in [6.07, 6.45) is 2.10. The van der Waals surface area contributed by atoms with Crippen LogP contribution in [0.25, 0.3) is 0 Å². The van der Waals surface area contributed by atoms with Gasteiger partial charge in [-0.25, -0.2) is 0 Å². The molecule has 0 aromatic rings. The quantitative estimate of drug-likeness (QED) is 0.323. The van der Waals surface area contributed by atoms with E-state index in [9.17, 15) is 0 Å². The summed E-state index contributed by atoms with van der Waals surface area (Å²) in [5, 5.41) is 0. The van der Waals surface area contributed by atoms with Crippen LogP contribution in [0, 0.1) is 0 Å². The normalized spacial score (nSPS) is 10.3. The zero-order valence-corrected chi connectivity index (χ0v) is 6.33. The Morgan fingerprint density at radius 2 is 1.83 bits per heavy atom. The molecule has 0 rings (SSSR count). The Morgan fingerprint density at radius 1 is 1.67 bits per heavy atom. The first-order chi connectivity index (χ1) is 2.27. The van der Waals surface area contributed by atoms with Crippen LogP contribution in [0.15, 0.2) is 9.78 Å². The van der Waals surface area contributed by atoms with Crippen LogP contribution in [0.3, 0.4) is 0 Å². The molecule has 0 atom stereocenters. The van der Waals surface area contributed by atoms with Gasteiger partial charge in [-0.3, -0.25) is 0 Å². The minimum Gasteiger partial charge on any atom is -1.00 e. The average molecular weight is 115 g/mol. The van der Waals surface area contributed by atoms with Crippen LogP contribution in [-0.4, -0.2) is 21.7 Å². The van der Waals surface area contributed by atoms with Crippen LogP contribution in [0.5, 0.6) is 0 Å². The van der Waals surface area contributed by atoms with E-state index in [-0.39, 0.29) is 12.4 Å². The number of halogens is 1. The second-order valence-electron chi connectivity index (χ2n) is 1.14. The molecule has 0 fully saturated rings. The summed E-state index contributed by atoms with van der Waals surface area (Å²) < 4.78 is 1.41. The molecule has 0 nitrogen and oxygen atoms in total. The summed E-state index contributed by atoms with van der Waals surface area (Å²) in [7, 11) is 0. The zero-order valence-electron chi connectivity index (χ0n) is 4.16. The van der Waals surface area contributed by atoms with E-state index in [1.54, 1.807) is 0 Å². The Balaban J connectivity index is 0. The maximum atomic E-state index is 2.10. The standard InChI is InChI=1S/C4H7.ClH.Mg/c1-3-4-2;;/h3H,1-2H3;1H;/q;;+1/p-1. The predicted octanol–water partition coefficient (Wildman–Crippen LogP) is -1.92. The van der Waals surface area contributed by atoms with E-state index in [0.29, 0.717) is 0 Å². The second-order valence-corrected chi connectivity index (χ2v) is 2.25. The van der Waals surface area contributed by atoms with Crippen molar-refractivity contribution in [1.82, 2.24) is 0 Å². The summed E-state index contributed by atoms with van der Waals surface area (Å²) in [5.74, 6) is 0. The Hall–Kier alpha value is 0.796. The molecule has 6 heavy (non-hydrogen) atoms. The summed E-state index contributed by atoms with van der Waals surface area (Å²) in [5.41, 5.74) is 0. The molecule has 0 aliphatic rings. The zero-order chi connectivity index (χ0) is 4.28. The van der Waals surface area contributed by atoms with Gasteiger partial charge >= 0.3 is 45.3 Å². The average Bonchev–Trinajstić information content (AvgIpc) is 1.38. The van der Waals surface area contributed by atoms with E-state index in [1.807, 2.05) is 28.6 Å². The maximum Gasteiger partial charge on any atom is -1.00 e. The fraction of sp³-hybridized carbons (Fsp3) is 0.500. The van der Waals surface area contributed by atoms with Gasteiger partial charge in [-0.2, -0.15) is 0 Å². The van der Waals surface area contributed by atoms with Crippen molar-refractivity contribution in [2.75, 3.05) is 0 Å². The number of hydrogen-bond donors (Lipinski definition) is 0. The van der Waals surface area contributed by atoms with Crippen LogP contribution in [0.4, 0.5) is 0 Å². The first-order valence-electron chi connectivity index (χ1n) is 1.72. The molecule has 0 spiro atoms. The molecule has 2 heteroatoms. The fourth-order valence-corrected chi connectivity index (χ4v) is 0. The summed E-state index contributed by atoms with van der Waals surface area (Å²) in [4.78, 5) is 0. The molecule has 0 radical (unpaired) electrons. The van der Waals surface area contributed by atoms with Crippen LogP contribution in [-0.2, 0) is 0 Å². The van der Waals surface area contributed by atoms with Gasteiger partial charge in [-0.05, 0) is 0 Å². The summed E-state index contributed by atoms with van der Waals surface area (Å²) in [6.45, 7) is 4.14. The smallest absolute Gasteiger partial charge is 1.00 e. The van der Waals surface area contributed by atoms with E-state index in [2.05, 4.69) is 13.0 Å². The Bertz CT molecular complexity index is 45.5. The van der Waals surface area contributed by atoms with Gasteiger partial charge in [0.1, 0.15) is 0 Å². The number of allylic oxidation sites excluding steroid dienone is 2. The molecule has 0 aromatic heterocycles. The molecule has 0 aliphatic carbocycles. The van der Waals surface area contributed by atoms with Gasteiger partial charge in [-0.1, -0.05) is 0 Å². The van der Waals surface area contributed by atoms with Gasteiger partial charge in [0.2, 0.25) is 0 Å². The molecule has 0 aromatic carbocycles. The third-order valence-electron chi connectivity index (χ3n) is 0.493. The van der Waals surface area contributed by atoms with Crippen molar-refractivity contribution in [2.45, 2.75) is 13.8 Å². The van der Waals surface area contributed by atoms with E-state index < -0.39 is 0 Å².